The minimum absolute atomic E-state index is 0.160. The molecular weight excluding hydrogens is 224 g/mol. The fraction of sp³-hybridized carbons (Fsp3) is 0.364. The lowest BCUT2D eigenvalue weighted by Crippen LogP contribution is -2.12. The first-order valence-corrected chi connectivity index (χ1v) is 5.01. The monoisotopic (exact) mass is 236 g/mol. The predicted octanol–water partition coefficient (Wildman–Crippen LogP) is 2.28. The summed E-state index contributed by atoms with van der Waals surface area (Å²) in [4.78, 5) is 10.2. The Hall–Kier alpha value is -2.29. The van der Waals surface area contributed by atoms with Gasteiger partial charge in [-0.25, -0.2) is 0 Å². The van der Waals surface area contributed by atoms with Crippen molar-refractivity contribution in [2.45, 2.75) is 19.4 Å². The van der Waals surface area contributed by atoms with E-state index in [2.05, 4.69) is 0 Å². The maximum absolute atomic E-state index is 10.8. The Kier molecular flexibility index (Phi) is 4.29. The molecular formula is C11H12N2O4. The smallest absolute Gasteiger partial charge is 0.314 e. The molecule has 17 heavy (non-hydrogen) atoms. The lowest BCUT2D eigenvalue weighted by Gasteiger charge is -2.10. The van der Waals surface area contributed by atoms with Crippen LogP contribution in [0.4, 0.5) is 5.69 Å². The van der Waals surface area contributed by atoms with Gasteiger partial charge in [-0.05, 0) is 18.6 Å². The van der Waals surface area contributed by atoms with E-state index in [0.29, 0.717) is 6.42 Å². The van der Waals surface area contributed by atoms with E-state index in [4.69, 9.17) is 14.7 Å². The van der Waals surface area contributed by atoms with Crippen molar-refractivity contribution < 1.29 is 14.4 Å². The van der Waals surface area contributed by atoms with Crippen molar-refractivity contribution in [3.8, 4) is 17.6 Å². The van der Waals surface area contributed by atoms with E-state index in [1.165, 1.54) is 25.3 Å². The van der Waals surface area contributed by atoms with Gasteiger partial charge < -0.3 is 9.47 Å². The van der Waals surface area contributed by atoms with Gasteiger partial charge in [0, 0.05) is 0 Å². The molecule has 0 aliphatic carbocycles. The largest absolute Gasteiger partial charge is 0.490 e. The van der Waals surface area contributed by atoms with Crippen molar-refractivity contribution in [2.75, 3.05) is 7.11 Å². The van der Waals surface area contributed by atoms with Crippen LogP contribution in [0.5, 0.6) is 11.5 Å². The van der Waals surface area contributed by atoms with Crippen LogP contribution in [0.25, 0.3) is 0 Å². The molecule has 0 fully saturated rings. The molecule has 0 N–H and O–H groups in total. The Bertz CT molecular complexity index is 453. The molecule has 0 heterocycles. The van der Waals surface area contributed by atoms with Crippen LogP contribution in [-0.2, 0) is 0 Å². The van der Waals surface area contributed by atoms with Crippen molar-refractivity contribution in [1.29, 1.82) is 5.26 Å². The second kappa shape index (κ2) is 5.70. The molecule has 1 unspecified atom stereocenters. The summed E-state index contributed by atoms with van der Waals surface area (Å²) in [6.45, 7) is 1.80. The second-order valence-electron chi connectivity index (χ2n) is 3.23. The number of ether oxygens (including phenoxy) is 2. The fourth-order valence-electron chi connectivity index (χ4n) is 1.25. The average molecular weight is 236 g/mol. The van der Waals surface area contributed by atoms with Gasteiger partial charge in [-0.15, -0.1) is 0 Å². The van der Waals surface area contributed by atoms with Gasteiger partial charge in [-0.1, -0.05) is 6.92 Å². The molecule has 1 atom stereocenters. The van der Waals surface area contributed by atoms with Crippen molar-refractivity contribution in [2.24, 2.45) is 0 Å². The Morgan fingerprint density at radius 2 is 2.29 bits per heavy atom. The van der Waals surface area contributed by atoms with Gasteiger partial charge in [0.15, 0.2) is 11.9 Å². The summed E-state index contributed by atoms with van der Waals surface area (Å²) >= 11 is 0. The number of hydrogen-bond donors (Lipinski definition) is 0. The van der Waals surface area contributed by atoms with Crippen LogP contribution in [0, 0.1) is 21.4 Å². The molecule has 0 aromatic heterocycles. The quantitative estimate of drug-likeness (QED) is 0.578. The Balaban J connectivity index is 3.01. The van der Waals surface area contributed by atoms with Crippen LogP contribution in [0.15, 0.2) is 18.2 Å². The predicted molar refractivity (Wildman–Crippen MR) is 60.0 cm³/mol. The summed E-state index contributed by atoms with van der Waals surface area (Å²) in [6.07, 6.45) is -0.0981. The van der Waals surface area contributed by atoms with E-state index < -0.39 is 11.0 Å². The highest BCUT2D eigenvalue weighted by molar-refractivity contribution is 5.50. The van der Waals surface area contributed by atoms with Crippen LogP contribution >= 0.6 is 0 Å². The maximum Gasteiger partial charge on any atom is 0.314 e. The van der Waals surface area contributed by atoms with E-state index in [9.17, 15) is 10.1 Å². The van der Waals surface area contributed by atoms with Gasteiger partial charge in [0.25, 0.3) is 0 Å². The molecule has 0 saturated heterocycles. The minimum atomic E-state index is -0.608. The van der Waals surface area contributed by atoms with Gasteiger partial charge in [-0.3, -0.25) is 10.1 Å². The summed E-state index contributed by atoms with van der Waals surface area (Å²) in [5.41, 5.74) is -0.183. The first kappa shape index (κ1) is 12.8. The number of methoxy groups -OCH3 is 1. The molecule has 0 aliphatic rings. The van der Waals surface area contributed by atoms with E-state index >= 15 is 0 Å². The van der Waals surface area contributed by atoms with Crippen molar-refractivity contribution >= 4 is 5.69 Å². The molecule has 90 valence electrons. The zero-order valence-corrected chi connectivity index (χ0v) is 9.54. The standard InChI is InChI=1S/C11H12N2O4/c1-3-8(7-12)17-9-4-5-11(16-2)10(6-9)13(14)15/h4-6,8H,3H2,1-2H3. The third-order valence-electron chi connectivity index (χ3n) is 2.14. The van der Waals surface area contributed by atoms with Gasteiger partial charge in [0.2, 0.25) is 0 Å². The summed E-state index contributed by atoms with van der Waals surface area (Å²) in [5.74, 6) is 0.443. The Labute approximate surface area is 98.5 Å². The number of nitrogens with zero attached hydrogens (tertiary/aromatic N) is 2. The first-order chi connectivity index (χ1) is 8.12. The first-order valence-electron chi connectivity index (χ1n) is 5.01. The van der Waals surface area contributed by atoms with Crippen LogP contribution in [-0.4, -0.2) is 18.1 Å². The normalized spacial score (nSPS) is 11.4. The van der Waals surface area contributed by atoms with Crippen LogP contribution in [0.3, 0.4) is 0 Å². The van der Waals surface area contributed by atoms with Gasteiger partial charge in [0.05, 0.1) is 18.1 Å². The molecule has 1 aromatic carbocycles. The third-order valence-corrected chi connectivity index (χ3v) is 2.14. The average Bonchev–Trinajstić information content (AvgIpc) is 2.35. The lowest BCUT2D eigenvalue weighted by atomic mass is 10.2. The highest BCUT2D eigenvalue weighted by Crippen LogP contribution is 2.31. The summed E-state index contributed by atoms with van der Waals surface area (Å²) in [5, 5.41) is 19.5. The van der Waals surface area contributed by atoms with E-state index in [0.717, 1.165) is 0 Å². The molecule has 0 spiro atoms. The number of benzene rings is 1. The van der Waals surface area contributed by atoms with Crippen molar-refractivity contribution in [1.82, 2.24) is 0 Å². The van der Waals surface area contributed by atoms with Crippen LogP contribution in [0.1, 0.15) is 13.3 Å². The van der Waals surface area contributed by atoms with Gasteiger partial charge >= 0.3 is 5.69 Å². The van der Waals surface area contributed by atoms with Crippen LogP contribution < -0.4 is 9.47 Å². The number of nitriles is 1. The maximum atomic E-state index is 10.8. The van der Waals surface area contributed by atoms with E-state index in [-0.39, 0.29) is 17.2 Å². The lowest BCUT2D eigenvalue weighted by molar-refractivity contribution is -0.385. The second-order valence-corrected chi connectivity index (χ2v) is 3.23. The molecule has 1 aromatic rings. The fourth-order valence-corrected chi connectivity index (χ4v) is 1.25. The molecule has 1 rings (SSSR count). The number of hydrogen-bond acceptors (Lipinski definition) is 5. The van der Waals surface area contributed by atoms with Crippen molar-refractivity contribution in [3.63, 3.8) is 0 Å². The van der Waals surface area contributed by atoms with Gasteiger partial charge in [-0.2, -0.15) is 5.26 Å². The number of rotatable bonds is 5. The highest BCUT2D eigenvalue weighted by Gasteiger charge is 2.17. The molecule has 0 bridgehead atoms. The zero-order valence-electron chi connectivity index (χ0n) is 9.54. The molecule has 0 radical (unpaired) electrons. The molecule has 0 amide bonds. The third kappa shape index (κ3) is 3.08. The topological polar surface area (TPSA) is 85.4 Å². The number of nitro groups is 1. The molecule has 0 aliphatic heterocycles. The Morgan fingerprint density at radius 1 is 1.59 bits per heavy atom. The Morgan fingerprint density at radius 3 is 2.76 bits per heavy atom. The highest BCUT2D eigenvalue weighted by atomic mass is 16.6. The summed E-state index contributed by atoms with van der Waals surface area (Å²) in [6, 6.07) is 6.18. The number of nitro benzene ring substituents is 1. The molecule has 6 nitrogen and oxygen atoms in total. The van der Waals surface area contributed by atoms with E-state index in [1.807, 2.05) is 6.07 Å². The molecule has 6 heteroatoms. The summed E-state index contributed by atoms with van der Waals surface area (Å²) < 4.78 is 10.1. The van der Waals surface area contributed by atoms with E-state index in [1.54, 1.807) is 6.92 Å². The van der Waals surface area contributed by atoms with Crippen molar-refractivity contribution in [3.05, 3.63) is 28.3 Å². The molecule has 0 saturated carbocycles. The minimum Gasteiger partial charge on any atom is -0.490 e. The van der Waals surface area contributed by atoms with Gasteiger partial charge in [0.1, 0.15) is 11.8 Å². The van der Waals surface area contributed by atoms with Crippen LogP contribution in [0.2, 0.25) is 0 Å². The zero-order chi connectivity index (χ0) is 12.8. The summed E-state index contributed by atoms with van der Waals surface area (Å²) in [7, 11) is 1.35. The SMILES string of the molecule is CCC(C#N)Oc1ccc(OC)c([N+](=O)[O-])c1.